The summed E-state index contributed by atoms with van der Waals surface area (Å²) in [6, 6.07) is 25.1. The number of carbonyl (C=O) groups is 1. The number of phenolic OH excluding ortho intramolecular Hbond substituents is 1. The standard InChI is InChI=1S/C27H24BrN3O3/c1-3-34-25-16-19(15-23(28)26(25)32)17-29-30-27(33)21-10-12-22(13-11-21)31-18(2)9-14-24(31)20-7-5-4-6-8-20/h4-17,32H,3H2,1-2H3,(H,30,33)/b29-17+. The number of aromatic hydroxyl groups is 1. The minimum atomic E-state index is -0.321. The van der Waals surface area contributed by atoms with Crippen molar-refractivity contribution < 1.29 is 14.6 Å². The predicted octanol–water partition coefficient (Wildman–Crippen LogP) is 6.08. The van der Waals surface area contributed by atoms with Crippen LogP contribution in [0.5, 0.6) is 11.5 Å². The van der Waals surface area contributed by atoms with E-state index < -0.39 is 0 Å². The zero-order chi connectivity index (χ0) is 24.1. The van der Waals surface area contributed by atoms with Crippen LogP contribution in [0.15, 0.2) is 88.4 Å². The lowest BCUT2D eigenvalue weighted by atomic mass is 10.1. The number of hydrazone groups is 1. The molecular formula is C27H24BrN3O3. The largest absolute Gasteiger partial charge is 0.503 e. The van der Waals surface area contributed by atoms with E-state index in [2.05, 4.69) is 62.2 Å². The van der Waals surface area contributed by atoms with Gasteiger partial charge in [0.2, 0.25) is 0 Å². The number of aryl methyl sites for hydroxylation is 1. The number of nitrogens with one attached hydrogen (secondary N) is 1. The smallest absolute Gasteiger partial charge is 0.271 e. The van der Waals surface area contributed by atoms with Gasteiger partial charge in [-0.3, -0.25) is 4.79 Å². The molecule has 0 aliphatic carbocycles. The maximum absolute atomic E-state index is 12.6. The summed E-state index contributed by atoms with van der Waals surface area (Å²) < 4.78 is 8.05. The maximum Gasteiger partial charge on any atom is 0.271 e. The third-order valence-electron chi connectivity index (χ3n) is 5.26. The van der Waals surface area contributed by atoms with E-state index in [4.69, 9.17) is 4.74 Å². The van der Waals surface area contributed by atoms with Crippen molar-refractivity contribution in [3.05, 3.63) is 100 Å². The van der Waals surface area contributed by atoms with E-state index in [1.165, 1.54) is 6.21 Å². The number of benzene rings is 3. The van der Waals surface area contributed by atoms with Crippen LogP contribution in [-0.4, -0.2) is 28.4 Å². The molecule has 172 valence electrons. The summed E-state index contributed by atoms with van der Waals surface area (Å²) in [6.45, 7) is 4.31. The molecule has 4 aromatic rings. The molecule has 1 amide bonds. The number of hydrogen-bond acceptors (Lipinski definition) is 4. The number of carbonyl (C=O) groups excluding carboxylic acids is 1. The Morgan fingerprint density at radius 3 is 2.53 bits per heavy atom. The topological polar surface area (TPSA) is 75.8 Å². The molecule has 0 aliphatic rings. The molecule has 0 atom stereocenters. The summed E-state index contributed by atoms with van der Waals surface area (Å²) in [6.07, 6.45) is 1.49. The molecule has 0 saturated carbocycles. The molecule has 2 N–H and O–H groups in total. The fourth-order valence-corrected chi connectivity index (χ4v) is 4.10. The van der Waals surface area contributed by atoms with Gasteiger partial charge in [-0.2, -0.15) is 5.10 Å². The van der Waals surface area contributed by atoms with Gasteiger partial charge < -0.3 is 14.4 Å². The number of hydrogen-bond donors (Lipinski definition) is 2. The highest BCUT2D eigenvalue weighted by Crippen LogP contribution is 2.35. The van der Waals surface area contributed by atoms with Crippen molar-refractivity contribution in [3.8, 4) is 28.4 Å². The quantitative estimate of drug-likeness (QED) is 0.230. The average molecular weight is 518 g/mol. The van der Waals surface area contributed by atoms with Crippen molar-refractivity contribution in [2.45, 2.75) is 13.8 Å². The van der Waals surface area contributed by atoms with Crippen molar-refractivity contribution in [1.29, 1.82) is 0 Å². The highest BCUT2D eigenvalue weighted by Gasteiger charge is 2.11. The Balaban J connectivity index is 1.49. The summed E-state index contributed by atoms with van der Waals surface area (Å²) in [4.78, 5) is 12.6. The number of halogens is 1. The Labute approximate surface area is 206 Å². The van der Waals surface area contributed by atoms with Crippen molar-refractivity contribution in [2.24, 2.45) is 5.10 Å². The van der Waals surface area contributed by atoms with E-state index in [0.29, 0.717) is 28.0 Å². The van der Waals surface area contributed by atoms with Crippen LogP contribution in [-0.2, 0) is 0 Å². The van der Waals surface area contributed by atoms with Gasteiger partial charge in [0.05, 0.1) is 23.0 Å². The normalized spacial score (nSPS) is 11.0. The summed E-state index contributed by atoms with van der Waals surface area (Å²) in [5, 5.41) is 14.1. The first-order valence-corrected chi connectivity index (χ1v) is 11.6. The molecule has 1 heterocycles. The first-order chi connectivity index (χ1) is 16.5. The molecule has 0 spiro atoms. The Hall–Kier alpha value is -3.84. The molecule has 4 rings (SSSR count). The Morgan fingerprint density at radius 2 is 1.82 bits per heavy atom. The van der Waals surface area contributed by atoms with Gasteiger partial charge >= 0.3 is 0 Å². The minimum Gasteiger partial charge on any atom is -0.503 e. The molecule has 0 unspecified atom stereocenters. The SMILES string of the molecule is CCOc1cc(/C=N/NC(=O)c2ccc(-n3c(C)ccc3-c3ccccc3)cc2)cc(Br)c1O. The van der Waals surface area contributed by atoms with E-state index in [-0.39, 0.29) is 11.7 Å². The van der Waals surface area contributed by atoms with Crippen LogP contribution >= 0.6 is 15.9 Å². The molecule has 0 bridgehead atoms. The van der Waals surface area contributed by atoms with E-state index in [9.17, 15) is 9.90 Å². The van der Waals surface area contributed by atoms with Crippen LogP contribution in [0.2, 0.25) is 0 Å². The Morgan fingerprint density at radius 1 is 1.09 bits per heavy atom. The molecule has 0 fully saturated rings. The van der Waals surface area contributed by atoms with Crippen LogP contribution in [0.4, 0.5) is 0 Å². The molecular weight excluding hydrogens is 494 g/mol. The van der Waals surface area contributed by atoms with Crippen LogP contribution in [0.1, 0.15) is 28.5 Å². The second kappa shape index (κ2) is 10.4. The molecule has 0 aliphatic heterocycles. The van der Waals surface area contributed by atoms with Gasteiger partial charge in [0, 0.05) is 16.9 Å². The molecule has 0 saturated heterocycles. The Bertz CT molecular complexity index is 1330. The number of amides is 1. The van der Waals surface area contributed by atoms with E-state index in [0.717, 1.165) is 22.6 Å². The fraction of sp³-hybridized carbons (Fsp3) is 0.111. The number of ether oxygens (including phenoxy) is 1. The van der Waals surface area contributed by atoms with Crippen molar-refractivity contribution in [3.63, 3.8) is 0 Å². The maximum atomic E-state index is 12.6. The van der Waals surface area contributed by atoms with Crippen LogP contribution in [0, 0.1) is 6.92 Å². The highest BCUT2D eigenvalue weighted by atomic mass is 79.9. The summed E-state index contributed by atoms with van der Waals surface area (Å²) in [5.74, 6) is 0.0464. The third kappa shape index (κ3) is 5.05. The molecule has 7 heteroatoms. The first kappa shape index (κ1) is 23.3. The highest BCUT2D eigenvalue weighted by molar-refractivity contribution is 9.10. The van der Waals surface area contributed by atoms with E-state index in [1.807, 2.05) is 37.3 Å². The van der Waals surface area contributed by atoms with Crippen LogP contribution < -0.4 is 10.2 Å². The number of nitrogens with zero attached hydrogens (tertiary/aromatic N) is 2. The van der Waals surface area contributed by atoms with Gasteiger partial charge in [0.25, 0.3) is 5.91 Å². The summed E-state index contributed by atoms with van der Waals surface area (Å²) >= 11 is 3.29. The van der Waals surface area contributed by atoms with Gasteiger partial charge in [0.1, 0.15) is 0 Å². The molecule has 1 aromatic heterocycles. The van der Waals surface area contributed by atoms with Gasteiger partial charge in [-0.1, -0.05) is 30.3 Å². The number of rotatable bonds is 7. The lowest BCUT2D eigenvalue weighted by molar-refractivity contribution is 0.0955. The van der Waals surface area contributed by atoms with Crippen molar-refractivity contribution in [1.82, 2.24) is 9.99 Å². The van der Waals surface area contributed by atoms with E-state index >= 15 is 0 Å². The molecule has 6 nitrogen and oxygen atoms in total. The van der Waals surface area contributed by atoms with Gasteiger partial charge in [0.15, 0.2) is 11.5 Å². The number of aromatic nitrogens is 1. The van der Waals surface area contributed by atoms with Crippen molar-refractivity contribution in [2.75, 3.05) is 6.61 Å². The van der Waals surface area contributed by atoms with Crippen LogP contribution in [0.25, 0.3) is 16.9 Å². The zero-order valence-electron chi connectivity index (χ0n) is 18.8. The van der Waals surface area contributed by atoms with E-state index in [1.54, 1.807) is 24.3 Å². The first-order valence-electron chi connectivity index (χ1n) is 10.8. The molecule has 34 heavy (non-hydrogen) atoms. The monoisotopic (exact) mass is 517 g/mol. The molecule has 0 radical (unpaired) electrons. The molecule has 3 aromatic carbocycles. The van der Waals surface area contributed by atoms with Gasteiger partial charge in [-0.05, 0) is 89.4 Å². The summed E-state index contributed by atoms with van der Waals surface area (Å²) in [7, 11) is 0. The zero-order valence-corrected chi connectivity index (χ0v) is 20.4. The van der Waals surface area contributed by atoms with Gasteiger partial charge in [-0.15, -0.1) is 0 Å². The third-order valence-corrected chi connectivity index (χ3v) is 5.87. The van der Waals surface area contributed by atoms with Crippen molar-refractivity contribution >= 4 is 28.1 Å². The summed E-state index contributed by atoms with van der Waals surface area (Å²) in [5.41, 5.74) is 7.99. The van der Waals surface area contributed by atoms with Crippen LogP contribution in [0.3, 0.4) is 0 Å². The lowest BCUT2D eigenvalue weighted by Gasteiger charge is -2.12. The second-order valence-electron chi connectivity index (χ2n) is 7.59. The number of phenols is 1. The minimum absolute atomic E-state index is 0.0245. The lowest BCUT2D eigenvalue weighted by Crippen LogP contribution is -2.17. The fourth-order valence-electron chi connectivity index (χ4n) is 3.64. The van der Waals surface area contributed by atoms with Gasteiger partial charge in [-0.25, -0.2) is 5.43 Å². The Kier molecular flexibility index (Phi) is 7.13. The second-order valence-corrected chi connectivity index (χ2v) is 8.44. The average Bonchev–Trinajstić information content (AvgIpc) is 3.24. The predicted molar refractivity (Wildman–Crippen MR) is 138 cm³/mol.